The highest BCUT2D eigenvalue weighted by Crippen LogP contribution is 2.36. The van der Waals surface area contributed by atoms with E-state index in [9.17, 15) is 9.59 Å². The Morgan fingerprint density at radius 2 is 1.74 bits per heavy atom. The highest BCUT2D eigenvalue weighted by atomic mass is 16.5. The number of ether oxygens (including phenoxy) is 1. The molecule has 0 spiro atoms. The monoisotopic (exact) mass is 270 g/mol. The van der Waals surface area contributed by atoms with Gasteiger partial charge in [0.1, 0.15) is 11.2 Å². The Labute approximate surface area is 118 Å². The Hall–Kier alpha value is -0.860. The van der Waals surface area contributed by atoms with E-state index in [0.717, 1.165) is 19.3 Å². The summed E-state index contributed by atoms with van der Waals surface area (Å²) >= 11 is 0. The molecular weight excluding hydrogens is 240 g/mol. The third-order valence-corrected chi connectivity index (χ3v) is 3.39. The topological polar surface area (TPSA) is 43.4 Å². The molecule has 0 aromatic carbocycles. The van der Waals surface area contributed by atoms with Crippen molar-refractivity contribution >= 4 is 11.8 Å². The number of hydrogen-bond donors (Lipinski definition) is 0. The number of esters is 1. The van der Waals surface area contributed by atoms with Gasteiger partial charge in [-0.1, -0.05) is 40.5 Å². The van der Waals surface area contributed by atoms with Gasteiger partial charge in [0.05, 0.1) is 6.61 Å². The van der Waals surface area contributed by atoms with Crippen molar-refractivity contribution in [2.24, 2.45) is 11.3 Å². The van der Waals surface area contributed by atoms with Crippen LogP contribution >= 0.6 is 0 Å². The highest BCUT2D eigenvalue weighted by Gasteiger charge is 2.45. The fraction of sp³-hybridized carbons (Fsp3) is 0.875. The fourth-order valence-electron chi connectivity index (χ4n) is 2.62. The SMILES string of the molecule is CCCCC(=O)C(CCC)(CC(C)C)C(=O)OCC. The van der Waals surface area contributed by atoms with E-state index in [-0.39, 0.29) is 11.8 Å². The minimum Gasteiger partial charge on any atom is -0.465 e. The summed E-state index contributed by atoms with van der Waals surface area (Å²) in [4.78, 5) is 24.9. The third kappa shape index (κ3) is 5.33. The summed E-state index contributed by atoms with van der Waals surface area (Å²) in [5.74, 6) is 0.0662. The van der Waals surface area contributed by atoms with Crippen LogP contribution in [0.1, 0.15) is 73.1 Å². The van der Waals surface area contributed by atoms with E-state index in [1.165, 1.54) is 0 Å². The van der Waals surface area contributed by atoms with Crippen molar-refractivity contribution < 1.29 is 14.3 Å². The van der Waals surface area contributed by atoms with Gasteiger partial charge in [-0.3, -0.25) is 9.59 Å². The molecule has 0 fully saturated rings. The predicted octanol–water partition coefficient (Wildman–Crippen LogP) is 4.14. The average Bonchev–Trinajstić information content (AvgIpc) is 2.34. The first-order chi connectivity index (χ1) is 8.94. The first-order valence-electron chi connectivity index (χ1n) is 7.65. The van der Waals surface area contributed by atoms with Crippen LogP contribution in [0.2, 0.25) is 0 Å². The van der Waals surface area contributed by atoms with Crippen LogP contribution in [0, 0.1) is 11.3 Å². The minimum absolute atomic E-state index is 0.0725. The Bertz CT molecular complexity index is 284. The van der Waals surface area contributed by atoms with E-state index >= 15 is 0 Å². The van der Waals surface area contributed by atoms with Gasteiger partial charge < -0.3 is 4.74 Å². The van der Waals surface area contributed by atoms with Crippen molar-refractivity contribution in [3.63, 3.8) is 0 Å². The molecule has 112 valence electrons. The molecule has 3 nitrogen and oxygen atoms in total. The predicted molar refractivity (Wildman–Crippen MR) is 78.0 cm³/mol. The van der Waals surface area contributed by atoms with Crippen LogP contribution in [-0.4, -0.2) is 18.4 Å². The average molecular weight is 270 g/mol. The summed E-state index contributed by atoms with van der Waals surface area (Å²) in [6.45, 7) is 10.3. The number of hydrogen-bond acceptors (Lipinski definition) is 3. The van der Waals surface area contributed by atoms with Crippen LogP contribution in [0.5, 0.6) is 0 Å². The maximum atomic E-state index is 12.6. The number of unbranched alkanes of at least 4 members (excludes halogenated alkanes) is 1. The zero-order chi connectivity index (χ0) is 14.9. The molecule has 0 rings (SSSR count). The summed E-state index contributed by atoms with van der Waals surface area (Å²) in [5, 5.41) is 0. The molecule has 0 N–H and O–H groups in total. The summed E-state index contributed by atoms with van der Waals surface area (Å²) in [6.07, 6.45) is 4.33. The van der Waals surface area contributed by atoms with Crippen LogP contribution in [0.25, 0.3) is 0 Å². The smallest absolute Gasteiger partial charge is 0.319 e. The molecule has 19 heavy (non-hydrogen) atoms. The van der Waals surface area contributed by atoms with E-state index in [1.54, 1.807) is 6.92 Å². The second-order valence-electron chi connectivity index (χ2n) is 5.68. The van der Waals surface area contributed by atoms with Crippen LogP contribution in [0.4, 0.5) is 0 Å². The Balaban J connectivity index is 5.22. The zero-order valence-corrected chi connectivity index (χ0v) is 13.3. The Morgan fingerprint density at radius 1 is 1.11 bits per heavy atom. The molecule has 0 bridgehead atoms. The molecule has 0 aliphatic heterocycles. The van der Waals surface area contributed by atoms with Crippen LogP contribution < -0.4 is 0 Å². The lowest BCUT2D eigenvalue weighted by Crippen LogP contribution is -2.42. The molecule has 0 saturated carbocycles. The van der Waals surface area contributed by atoms with E-state index in [2.05, 4.69) is 20.8 Å². The van der Waals surface area contributed by atoms with Gasteiger partial charge in [0.15, 0.2) is 0 Å². The molecule has 0 radical (unpaired) electrons. The maximum absolute atomic E-state index is 12.6. The largest absolute Gasteiger partial charge is 0.465 e. The highest BCUT2D eigenvalue weighted by molar-refractivity contribution is 6.03. The van der Waals surface area contributed by atoms with Gasteiger partial charge in [-0.15, -0.1) is 0 Å². The molecule has 3 heteroatoms. The molecule has 1 unspecified atom stereocenters. The molecule has 0 amide bonds. The van der Waals surface area contributed by atoms with Crippen molar-refractivity contribution in [3.8, 4) is 0 Å². The number of ketones is 1. The van der Waals surface area contributed by atoms with E-state index in [4.69, 9.17) is 4.74 Å². The van der Waals surface area contributed by atoms with Gasteiger partial charge in [-0.2, -0.15) is 0 Å². The van der Waals surface area contributed by atoms with Crippen molar-refractivity contribution in [2.75, 3.05) is 6.61 Å². The normalized spacial score (nSPS) is 14.2. The standard InChI is InChI=1S/C16H30O3/c1-6-9-10-14(17)16(11-7-2,12-13(4)5)15(18)19-8-3/h13H,6-12H2,1-5H3. The number of Topliss-reactive ketones (excluding diaryl/α,β-unsaturated/α-hetero) is 1. The molecule has 1 atom stereocenters. The second kappa shape index (κ2) is 9.11. The van der Waals surface area contributed by atoms with E-state index in [1.807, 2.05) is 6.92 Å². The molecule has 0 saturated heterocycles. The van der Waals surface area contributed by atoms with E-state index < -0.39 is 5.41 Å². The summed E-state index contributed by atoms with van der Waals surface area (Å²) in [6, 6.07) is 0. The fourth-order valence-corrected chi connectivity index (χ4v) is 2.62. The van der Waals surface area contributed by atoms with Gasteiger partial charge in [0, 0.05) is 6.42 Å². The lowest BCUT2D eigenvalue weighted by molar-refractivity contribution is -0.162. The second-order valence-corrected chi connectivity index (χ2v) is 5.68. The maximum Gasteiger partial charge on any atom is 0.319 e. The van der Waals surface area contributed by atoms with Crippen molar-refractivity contribution in [2.45, 2.75) is 73.1 Å². The number of carbonyl (C=O) groups is 2. The third-order valence-electron chi connectivity index (χ3n) is 3.39. The van der Waals surface area contributed by atoms with Gasteiger partial charge in [-0.25, -0.2) is 0 Å². The molecule has 0 aliphatic carbocycles. The van der Waals surface area contributed by atoms with Crippen LogP contribution in [0.3, 0.4) is 0 Å². The molecular formula is C16H30O3. The minimum atomic E-state index is -0.909. The summed E-state index contributed by atoms with van der Waals surface area (Å²) < 4.78 is 5.20. The van der Waals surface area contributed by atoms with E-state index in [0.29, 0.717) is 31.8 Å². The molecule has 0 heterocycles. The van der Waals surface area contributed by atoms with Crippen molar-refractivity contribution in [3.05, 3.63) is 0 Å². The van der Waals surface area contributed by atoms with Crippen LogP contribution in [0.15, 0.2) is 0 Å². The van der Waals surface area contributed by atoms with Crippen molar-refractivity contribution in [1.29, 1.82) is 0 Å². The van der Waals surface area contributed by atoms with Crippen LogP contribution in [-0.2, 0) is 14.3 Å². The lowest BCUT2D eigenvalue weighted by Gasteiger charge is -2.31. The first kappa shape index (κ1) is 18.1. The summed E-state index contributed by atoms with van der Waals surface area (Å²) in [5.41, 5.74) is -0.909. The number of carbonyl (C=O) groups excluding carboxylic acids is 2. The first-order valence-corrected chi connectivity index (χ1v) is 7.65. The quantitative estimate of drug-likeness (QED) is 0.442. The van der Waals surface area contributed by atoms with Crippen molar-refractivity contribution in [1.82, 2.24) is 0 Å². The van der Waals surface area contributed by atoms with Gasteiger partial charge in [-0.05, 0) is 32.1 Å². The summed E-state index contributed by atoms with van der Waals surface area (Å²) in [7, 11) is 0. The lowest BCUT2D eigenvalue weighted by atomic mass is 9.72. The van der Waals surface area contributed by atoms with Gasteiger partial charge >= 0.3 is 5.97 Å². The number of rotatable bonds is 10. The van der Waals surface area contributed by atoms with Gasteiger partial charge in [0.25, 0.3) is 0 Å². The molecule has 0 aromatic heterocycles. The van der Waals surface area contributed by atoms with Gasteiger partial charge in [0.2, 0.25) is 0 Å². The Kier molecular flexibility index (Phi) is 8.70. The molecule has 0 aliphatic rings. The molecule has 0 aromatic rings. The Morgan fingerprint density at radius 3 is 2.16 bits per heavy atom. The zero-order valence-electron chi connectivity index (χ0n) is 13.3.